The number of hydrogen-bond acceptors (Lipinski definition) is 1. The Balaban J connectivity index is 2.10. The van der Waals surface area contributed by atoms with Crippen molar-refractivity contribution in [2.24, 2.45) is 0 Å². The minimum atomic E-state index is -0.0932. The van der Waals surface area contributed by atoms with Crippen molar-refractivity contribution >= 4 is 5.91 Å². The summed E-state index contributed by atoms with van der Waals surface area (Å²) < 4.78 is 0. The van der Waals surface area contributed by atoms with Crippen molar-refractivity contribution in [3.05, 3.63) is 35.9 Å². The van der Waals surface area contributed by atoms with Gasteiger partial charge in [-0.3, -0.25) is 4.79 Å². The Kier molecular flexibility index (Phi) is 4.15. The predicted octanol–water partition coefficient (Wildman–Crippen LogP) is 0.980. The highest BCUT2D eigenvalue weighted by molar-refractivity contribution is 5.81. The van der Waals surface area contributed by atoms with Crippen molar-refractivity contribution in [3.8, 4) is 0 Å². The number of likely N-dealkylation sites (N-methyl/N-ethyl adjacent to an activating group) is 1. The Morgan fingerprint density at radius 1 is 1.29 bits per heavy atom. The van der Waals surface area contributed by atoms with Crippen LogP contribution in [0, 0.1) is 0 Å². The fourth-order valence-electron chi connectivity index (χ4n) is 2.59. The van der Waals surface area contributed by atoms with Gasteiger partial charge in [-0.2, -0.15) is 0 Å². The molecule has 1 aromatic carbocycles. The van der Waals surface area contributed by atoms with E-state index in [1.54, 1.807) is 7.05 Å². The predicted molar refractivity (Wildman–Crippen MR) is 67.4 cm³/mol. The summed E-state index contributed by atoms with van der Waals surface area (Å²) in [6.45, 7) is 0. The average Bonchev–Trinajstić information content (AvgIpc) is 2.89. The Labute approximate surface area is 103 Å². The molecule has 17 heavy (non-hydrogen) atoms. The first-order chi connectivity index (χ1) is 8.31. The Bertz CT molecular complexity index is 358. The number of quaternary nitrogens is 1. The second-order valence-corrected chi connectivity index (χ2v) is 4.74. The molecule has 1 atom stereocenters. The molecule has 0 aromatic heterocycles. The molecule has 92 valence electrons. The molecule has 1 aliphatic rings. The van der Waals surface area contributed by atoms with Gasteiger partial charge in [-0.1, -0.05) is 30.3 Å². The molecule has 0 bridgehead atoms. The van der Waals surface area contributed by atoms with E-state index in [1.807, 2.05) is 30.3 Å². The maximum atomic E-state index is 12.0. The normalized spacial score (nSPS) is 17.9. The van der Waals surface area contributed by atoms with E-state index in [1.165, 1.54) is 25.7 Å². The summed E-state index contributed by atoms with van der Waals surface area (Å²) in [6, 6.07) is 10.6. The van der Waals surface area contributed by atoms with Gasteiger partial charge in [0.2, 0.25) is 0 Å². The van der Waals surface area contributed by atoms with Crippen LogP contribution in [0.25, 0.3) is 0 Å². The van der Waals surface area contributed by atoms with Crippen LogP contribution >= 0.6 is 0 Å². The molecule has 2 rings (SSSR count). The topological polar surface area (TPSA) is 45.7 Å². The SMILES string of the molecule is CNC(=O)C([NH2+]C1CCCC1)c1ccccc1. The van der Waals surface area contributed by atoms with E-state index in [9.17, 15) is 4.79 Å². The lowest BCUT2D eigenvalue weighted by Gasteiger charge is -2.18. The third-order valence-corrected chi connectivity index (χ3v) is 3.55. The van der Waals surface area contributed by atoms with Crippen LogP contribution in [0.3, 0.4) is 0 Å². The first kappa shape index (κ1) is 12.1. The second-order valence-electron chi connectivity index (χ2n) is 4.74. The molecule has 3 nitrogen and oxygen atoms in total. The van der Waals surface area contributed by atoms with Gasteiger partial charge in [0.05, 0.1) is 6.04 Å². The van der Waals surface area contributed by atoms with Gasteiger partial charge in [0.15, 0.2) is 6.04 Å². The lowest BCUT2D eigenvalue weighted by molar-refractivity contribution is -0.714. The largest absolute Gasteiger partial charge is 0.354 e. The van der Waals surface area contributed by atoms with E-state index in [4.69, 9.17) is 0 Å². The summed E-state index contributed by atoms with van der Waals surface area (Å²) >= 11 is 0. The molecule has 1 fully saturated rings. The molecule has 3 heteroatoms. The van der Waals surface area contributed by atoms with E-state index in [0.29, 0.717) is 6.04 Å². The molecular formula is C14H21N2O+. The van der Waals surface area contributed by atoms with Gasteiger partial charge in [0.1, 0.15) is 0 Å². The standard InChI is InChI=1S/C14H20N2O/c1-15-14(17)13(11-7-3-2-4-8-11)16-12-9-5-6-10-12/h2-4,7-8,12-13,16H,5-6,9-10H2,1H3,(H,15,17)/p+1. The van der Waals surface area contributed by atoms with Gasteiger partial charge in [-0.25, -0.2) is 0 Å². The summed E-state index contributed by atoms with van der Waals surface area (Å²) in [7, 11) is 1.71. The number of hydrogen-bond donors (Lipinski definition) is 2. The third kappa shape index (κ3) is 3.07. The van der Waals surface area contributed by atoms with Crippen LogP contribution in [-0.2, 0) is 4.79 Å². The average molecular weight is 233 g/mol. The van der Waals surface area contributed by atoms with Crippen LogP contribution < -0.4 is 10.6 Å². The van der Waals surface area contributed by atoms with Gasteiger partial charge in [0.25, 0.3) is 5.91 Å². The highest BCUT2D eigenvalue weighted by Crippen LogP contribution is 2.17. The first-order valence-corrected chi connectivity index (χ1v) is 6.43. The van der Waals surface area contributed by atoms with Crippen LogP contribution in [0.15, 0.2) is 30.3 Å². The fourth-order valence-corrected chi connectivity index (χ4v) is 2.59. The number of nitrogens with one attached hydrogen (secondary N) is 1. The van der Waals surface area contributed by atoms with Crippen molar-refractivity contribution in [1.29, 1.82) is 0 Å². The molecule has 0 saturated heterocycles. The van der Waals surface area contributed by atoms with E-state index in [-0.39, 0.29) is 11.9 Å². The molecule has 0 spiro atoms. The van der Waals surface area contributed by atoms with Crippen LogP contribution in [0.1, 0.15) is 37.3 Å². The molecule has 1 unspecified atom stereocenters. The second kappa shape index (κ2) is 5.82. The maximum Gasteiger partial charge on any atom is 0.282 e. The Morgan fingerprint density at radius 2 is 1.94 bits per heavy atom. The van der Waals surface area contributed by atoms with E-state index in [0.717, 1.165) is 5.56 Å². The summed E-state index contributed by atoms with van der Waals surface area (Å²) in [5, 5.41) is 5.00. The summed E-state index contributed by atoms with van der Waals surface area (Å²) in [5.41, 5.74) is 1.10. The highest BCUT2D eigenvalue weighted by Gasteiger charge is 2.28. The summed E-state index contributed by atoms with van der Waals surface area (Å²) in [6.07, 6.45) is 5.08. The van der Waals surface area contributed by atoms with Gasteiger partial charge in [-0.05, 0) is 25.7 Å². The van der Waals surface area contributed by atoms with Crippen molar-refractivity contribution in [1.82, 2.24) is 5.32 Å². The number of benzene rings is 1. The highest BCUT2D eigenvalue weighted by atomic mass is 16.2. The zero-order valence-corrected chi connectivity index (χ0v) is 10.4. The van der Waals surface area contributed by atoms with Crippen LogP contribution in [0.4, 0.5) is 0 Å². The zero-order valence-electron chi connectivity index (χ0n) is 10.4. The molecule has 1 aliphatic carbocycles. The Hall–Kier alpha value is -1.35. The van der Waals surface area contributed by atoms with Crippen LogP contribution in [0.5, 0.6) is 0 Å². The molecule has 1 aromatic rings. The van der Waals surface area contributed by atoms with Crippen LogP contribution in [0.2, 0.25) is 0 Å². The van der Waals surface area contributed by atoms with Crippen LogP contribution in [-0.4, -0.2) is 19.0 Å². The smallest absolute Gasteiger partial charge is 0.282 e. The first-order valence-electron chi connectivity index (χ1n) is 6.43. The monoisotopic (exact) mass is 233 g/mol. The van der Waals surface area contributed by atoms with E-state index < -0.39 is 0 Å². The van der Waals surface area contributed by atoms with Crippen molar-refractivity contribution in [3.63, 3.8) is 0 Å². The van der Waals surface area contributed by atoms with Gasteiger partial charge in [-0.15, -0.1) is 0 Å². The van der Waals surface area contributed by atoms with Gasteiger partial charge >= 0.3 is 0 Å². The Morgan fingerprint density at radius 3 is 2.53 bits per heavy atom. The summed E-state index contributed by atoms with van der Waals surface area (Å²) in [5.74, 6) is 0.100. The number of nitrogens with two attached hydrogens (primary N) is 1. The molecule has 0 aliphatic heterocycles. The van der Waals surface area contributed by atoms with Crippen molar-refractivity contribution < 1.29 is 10.1 Å². The maximum absolute atomic E-state index is 12.0. The molecular weight excluding hydrogens is 212 g/mol. The number of carbonyl (C=O) groups is 1. The number of carbonyl (C=O) groups excluding carboxylic acids is 1. The van der Waals surface area contributed by atoms with Gasteiger partial charge < -0.3 is 10.6 Å². The lowest BCUT2D eigenvalue weighted by Crippen LogP contribution is -2.92. The lowest BCUT2D eigenvalue weighted by atomic mass is 10.0. The number of amides is 1. The van der Waals surface area contributed by atoms with E-state index >= 15 is 0 Å². The summed E-state index contributed by atoms with van der Waals surface area (Å²) in [4.78, 5) is 12.0. The minimum Gasteiger partial charge on any atom is -0.354 e. The quantitative estimate of drug-likeness (QED) is 0.800. The number of rotatable bonds is 4. The third-order valence-electron chi connectivity index (χ3n) is 3.55. The van der Waals surface area contributed by atoms with E-state index in [2.05, 4.69) is 10.6 Å². The van der Waals surface area contributed by atoms with Crippen molar-refractivity contribution in [2.75, 3.05) is 7.05 Å². The molecule has 3 N–H and O–H groups in total. The molecule has 1 saturated carbocycles. The molecule has 0 radical (unpaired) electrons. The fraction of sp³-hybridized carbons (Fsp3) is 0.500. The molecule has 0 heterocycles. The zero-order chi connectivity index (χ0) is 12.1. The van der Waals surface area contributed by atoms with Crippen molar-refractivity contribution in [2.45, 2.75) is 37.8 Å². The van der Waals surface area contributed by atoms with Gasteiger partial charge in [0, 0.05) is 12.6 Å². The molecule has 1 amide bonds. The minimum absolute atomic E-state index is 0.0932.